The van der Waals surface area contributed by atoms with Crippen LogP contribution in [0.3, 0.4) is 0 Å². The Kier molecular flexibility index (Phi) is 8.06. The van der Waals surface area contributed by atoms with E-state index in [1.807, 2.05) is 7.05 Å². The first-order valence-corrected chi connectivity index (χ1v) is 16.7. The molecule has 1 aromatic carbocycles. The first-order valence-electron chi connectivity index (χ1n) is 16.7. The average molecular weight is 674 g/mol. The molecule has 1 saturated heterocycles. The fraction of sp³-hybridized carbons (Fsp3) is 0.743. The standard InChI is InChI=1S/C35H47NO12/c1-17(37)46-21-13-22(43-5)34-20-14-33(41)29(47-31(40)19-11-9-8-10-12-19)23(20)35(48-18(2)38,28(39)30(33)45-7)24-25(44-6)26(34)32(21,16-42-4)15-36(3)27(24)34/h8-12,20-30,39,41H,13-16H2,1-7H3/t20-,21+,22?,23+,24?,25-,26+,27?,28-,29+,30-,32-,33+,34?,35+/m0/s1. The molecule has 48 heavy (non-hydrogen) atoms. The number of hydrogen-bond acceptors (Lipinski definition) is 13. The van der Waals surface area contributed by atoms with Crippen LogP contribution >= 0.6 is 0 Å². The molecule has 6 aliphatic rings. The summed E-state index contributed by atoms with van der Waals surface area (Å²) in [6, 6.07) is 8.09. The summed E-state index contributed by atoms with van der Waals surface area (Å²) in [4.78, 5) is 41.9. The summed E-state index contributed by atoms with van der Waals surface area (Å²) >= 11 is 0. The highest BCUT2D eigenvalue weighted by Crippen LogP contribution is 2.80. The minimum absolute atomic E-state index is 0.0497. The fourth-order valence-electron chi connectivity index (χ4n) is 12.5. The normalized spacial score (nSPS) is 48.1. The molecule has 7 rings (SSSR count). The molecule has 5 saturated carbocycles. The van der Waals surface area contributed by atoms with E-state index >= 15 is 0 Å². The van der Waals surface area contributed by atoms with Crippen molar-refractivity contribution in [2.24, 2.45) is 34.5 Å². The van der Waals surface area contributed by atoms with E-state index in [9.17, 15) is 24.6 Å². The van der Waals surface area contributed by atoms with Gasteiger partial charge in [0.05, 0.1) is 24.4 Å². The lowest BCUT2D eigenvalue weighted by Gasteiger charge is -2.70. The van der Waals surface area contributed by atoms with E-state index in [2.05, 4.69) is 4.90 Å². The maximum Gasteiger partial charge on any atom is 0.338 e. The molecule has 1 spiro atoms. The second-order valence-electron chi connectivity index (χ2n) is 14.9. The molecule has 1 aromatic rings. The SMILES string of the molecule is COC[C@]12CN(C)C3C4[C@H](OC)[C@H]1C3(C(OC)C[C@H]2OC(C)=O)[C@H]1C[C@@]2(O)[C@H](OC(=O)c3ccccc3)[C@@H]1[C@]4(OC(C)=O)[C@@H](O)[C@@H]2OC. The summed E-state index contributed by atoms with van der Waals surface area (Å²) in [6.07, 6.45) is -5.46. The van der Waals surface area contributed by atoms with Gasteiger partial charge in [0.1, 0.15) is 30.0 Å². The van der Waals surface area contributed by atoms with Crippen molar-refractivity contribution < 1.29 is 57.8 Å². The minimum atomic E-state index is -1.86. The number of hydrogen-bond donors (Lipinski definition) is 2. The highest BCUT2D eigenvalue weighted by molar-refractivity contribution is 5.89. The first-order chi connectivity index (χ1) is 22.8. The molecular weight excluding hydrogens is 626 g/mol. The van der Waals surface area contributed by atoms with Crippen LogP contribution in [0.4, 0.5) is 0 Å². The lowest BCUT2D eigenvalue weighted by atomic mass is 9.42. The van der Waals surface area contributed by atoms with Crippen LogP contribution in [0.15, 0.2) is 30.3 Å². The Morgan fingerprint density at radius 2 is 1.62 bits per heavy atom. The van der Waals surface area contributed by atoms with Crippen LogP contribution in [0.5, 0.6) is 0 Å². The van der Waals surface area contributed by atoms with E-state index in [4.69, 9.17) is 33.2 Å². The Balaban J connectivity index is 1.52. The second kappa shape index (κ2) is 11.4. The third-order valence-electron chi connectivity index (χ3n) is 13.2. The van der Waals surface area contributed by atoms with Gasteiger partial charge in [-0.1, -0.05) is 18.2 Å². The van der Waals surface area contributed by atoms with Gasteiger partial charge >= 0.3 is 17.9 Å². The first kappa shape index (κ1) is 33.8. The zero-order chi connectivity index (χ0) is 34.6. The number of methoxy groups -OCH3 is 4. The number of aliphatic hydroxyl groups is 2. The molecule has 1 aliphatic heterocycles. The summed E-state index contributed by atoms with van der Waals surface area (Å²) in [5.74, 6) is -4.27. The third-order valence-corrected chi connectivity index (χ3v) is 13.2. The van der Waals surface area contributed by atoms with Gasteiger partial charge in [0, 0.05) is 89.9 Å². The molecule has 2 N–H and O–H groups in total. The summed E-state index contributed by atoms with van der Waals surface area (Å²) in [5, 5.41) is 25.3. The Hall–Kier alpha value is -2.65. The largest absolute Gasteiger partial charge is 0.462 e. The molecular formula is C35H47NO12. The number of esters is 3. The van der Waals surface area contributed by atoms with Crippen LogP contribution in [0.2, 0.25) is 0 Å². The molecule has 15 atom stereocenters. The predicted octanol–water partition coefficient (Wildman–Crippen LogP) is 0.829. The van der Waals surface area contributed by atoms with Gasteiger partial charge in [-0.3, -0.25) is 9.59 Å². The van der Waals surface area contributed by atoms with E-state index in [0.29, 0.717) is 13.0 Å². The van der Waals surface area contributed by atoms with E-state index in [1.165, 1.54) is 21.0 Å². The summed E-state index contributed by atoms with van der Waals surface area (Å²) in [6.45, 7) is 3.34. The van der Waals surface area contributed by atoms with Gasteiger partial charge < -0.3 is 48.3 Å². The summed E-state index contributed by atoms with van der Waals surface area (Å²) < 4.78 is 43.7. The van der Waals surface area contributed by atoms with Crippen molar-refractivity contribution in [3.05, 3.63) is 35.9 Å². The highest BCUT2D eigenvalue weighted by Gasteiger charge is 2.92. The number of carbonyl (C=O) groups excluding carboxylic acids is 3. The zero-order valence-electron chi connectivity index (χ0n) is 28.5. The molecule has 264 valence electrons. The van der Waals surface area contributed by atoms with Gasteiger partial charge in [0.15, 0.2) is 5.60 Å². The molecule has 4 unspecified atom stereocenters. The van der Waals surface area contributed by atoms with Gasteiger partial charge in [-0.05, 0) is 31.5 Å². The number of piperidine rings is 1. The fourth-order valence-corrected chi connectivity index (χ4v) is 12.5. The van der Waals surface area contributed by atoms with Gasteiger partial charge in [0.25, 0.3) is 0 Å². The number of ether oxygens (including phenoxy) is 7. The molecule has 0 aromatic heterocycles. The molecule has 0 amide bonds. The monoisotopic (exact) mass is 673 g/mol. The molecule has 0 radical (unpaired) electrons. The van der Waals surface area contributed by atoms with Crippen LogP contribution in [-0.2, 0) is 42.7 Å². The lowest BCUT2D eigenvalue weighted by molar-refractivity contribution is -0.321. The van der Waals surface area contributed by atoms with E-state index in [1.54, 1.807) is 51.7 Å². The maximum absolute atomic E-state index is 13.8. The van der Waals surface area contributed by atoms with Crippen LogP contribution in [0, 0.1) is 34.5 Å². The predicted molar refractivity (Wildman–Crippen MR) is 165 cm³/mol. The zero-order valence-corrected chi connectivity index (χ0v) is 28.5. The smallest absolute Gasteiger partial charge is 0.338 e. The second-order valence-corrected chi connectivity index (χ2v) is 14.9. The van der Waals surface area contributed by atoms with Crippen LogP contribution in [0.25, 0.3) is 0 Å². The molecule has 7 bridgehead atoms. The van der Waals surface area contributed by atoms with Gasteiger partial charge in [-0.2, -0.15) is 0 Å². The van der Waals surface area contributed by atoms with E-state index in [-0.39, 0.29) is 24.6 Å². The van der Waals surface area contributed by atoms with Gasteiger partial charge in [-0.25, -0.2) is 4.79 Å². The minimum Gasteiger partial charge on any atom is -0.462 e. The highest BCUT2D eigenvalue weighted by atomic mass is 16.6. The van der Waals surface area contributed by atoms with Crippen molar-refractivity contribution >= 4 is 17.9 Å². The molecule has 13 heteroatoms. The maximum atomic E-state index is 13.8. The van der Waals surface area contributed by atoms with Crippen molar-refractivity contribution in [2.75, 3.05) is 48.6 Å². The molecule has 5 aliphatic carbocycles. The van der Waals surface area contributed by atoms with Crippen LogP contribution in [-0.4, -0.2) is 136 Å². The number of benzene rings is 1. The number of carbonyl (C=O) groups is 3. The Bertz CT molecular complexity index is 1460. The third kappa shape index (κ3) is 3.95. The Morgan fingerprint density at radius 3 is 2.21 bits per heavy atom. The Morgan fingerprint density at radius 1 is 0.917 bits per heavy atom. The number of fused-ring (bicyclic) bond motifs is 2. The summed E-state index contributed by atoms with van der Waals surface area (Å²) in [7, 11) is 8.19. The number of aliphatic hydroxyl groups excluding tert-OH is 1. The van der Waals surface area contributed by atoms with Crippen LogP contribution in [0.1, 0.15) is 37.0 Å². The van der Waals surface area contributed by atoms with Crippen molar-refractivity contribution in [2.45, 2.75) is 80.6 Å². The van der Waals surface area contributed by atoms with E-state index < -0.39 is 100 Å². The van der Waals surface area contributed by atoms with Gasteiger partial charge in [-0.15, -0.1) is 0 Å². The van der Waals surface area contributed by atoms with Gasteiger partial charge in [0.2, 0.25) is 0 Å². The quantitative estimate of drug-likeness (QED) is 0.281. The number of rotatable bonds is 9. The summed E-state index contributed by atoms with van der Waals surface area (Å²) in [5.41, 5.74) is -4.92. The number of likely N-dealkylation sites (tertiary alicyclic amines) is 1. The van der Waals surface area contributed by atoms with Crippen LogP contribution < -0.4 is 0 Å². The topological polar surface area (TPSA) is 160 Å². The number of nitrogens with zero attached hydrogens (tertiary/aromatic N) is 1. The molecule has 13 nitrogen and oxygen atoms in total. The molecule has 1 heterocycles. The van der Waals surface area contributed by atoms with Crippen molar-refractivity contribution in [1.29, 1.82) is 0 Å². The van der Waals surface area contributed by atoms with Crippen molar-refractivity contribution in [1.82, 2.24) is 4.90 Å². The lowest BCUT2D eigenvalue weighted by Crippen LogP contribution is -2.81. The van der Waals surface area contributed by atoms with Crippen molar-refractivity contribution in [3.63, 3.8) is 0 Å². The Labute approximate surface area is 280 Å². The van der Waals surface area contributed by atoms with Crippen molar-refractivity contribution in [3.8, 4) is 0 Å². The molecule has 6 fully saturated rings. The average Bonchev–Trinajstić information content (AvgIpc) is 3.43. The van der Waals surface area contributed by atoms with E-state index in [0.717, 1.165) is 0 Å².